The quantitative estimate of drug-likeness (QED) is 0.696. The van der Waals surface area contributed by atoms with Crippen LogP contribution in [0, 0.1) is 5.92 Å². The van der Waals surface area contributed by atoms with Crippen LogP contribution in [0.2, 0.25) is 0 Å². The van der Waals surface area contributed by atoms with E-state index in [1.807, 2.05) is 6.07 Å². The Hall–Kier alpha value is -1.81. The molecular weight excluding hydrogens is 336 g/mol. The lowest BCUT2D eigenvalue weighted by molar-refractivity contribution is -0.127. The van der Waals surface area contributed by atoms with Gasteiger partial charge < -0.3 is 14.5 Å². The van der Waals surface area contributed by atoms with Crippen molar-refractivity contribution in [2.75, 3.05) is 39.8 Å². The number of carbonyl (C=O) groups is 1. The predicted molar refractivity (Wildman–Crippen MR) is 110 cm³/mol. The van der Waals surface area contributed by atoms with E-state index in [-0.39, 0.29) is 5.91 Å². The first-order chi connectivity index (χ1) is 13.2. The van der Waals surface area contributed by atoms with Gasteiger partial charge in [-0.15, -0.1) is 0 Å². The summed E-state index contributed by atoms with van der Waals surface area (Å²) in [6.07, 6.45) is 8.84. The summed E-state index contributed by atoms with van der Waals surface area (Å²) in [5, 5.41) is 0. The first-order valence-electron chi connectivity index (χ1n) is 10.5. The Labute approximate surface area is 164 Å². The number of benzene rings is 1. The fraction of sp³-hybridized carbons (Fsp3) is 0.609. The largest absolute Gasteiger partial charge is 0.497 e. The molecule has 0 aromatic heterocycles. The highest BCUT2D eigenvalue weighted by atomic mass is 16.5. The molecule has 1 atom stereocenters. The van der Waals surface area contributed by atoms with E-state index in [0.717, 1.165) is 63.2 Å². The zero-order valence-corrected chi connectivity index (χ0v) is 17.0. The van der Waals surface area contributed by atoms with E-state index in [1.165, 1.54) is 24.9 Å². The smallest absolute Gasteiger partial charge is 0.249 e. The van der Waals surface area contributed by atoms with Crippen LogP contribution in [0.4, 0.5) is 0 Å². The molecule has 1 aromatic rings. The number of carbonyl (C=O) groups excluding carboxylic acids is 1. The highest BCUT2D eigenvalue weighted by Gasteiger charge is 2.25. The van der Waals surface area contributed by atoms with Gasteiger partial charge in [0.05, 0.1) is 7.11 Å². The first kappa shape index (κ1) is 19.9. The maximum Gasteiger partial charge on any atom is 0.249 e. The molecule has 0 unspecified atom stereocenters. The molecule has 1 heterocycles. The van der Waals surface area contributed by atoms with Crippen LogP contribution in [0.1, 0.15) is 44.6 Å². The number of likely N-dealkylation sites (tertiary alicyclic amines) is 1. The van der Waals surface area contributed by atoms with Crippen LogP contribution in [-0.2, 0) is 11.2 Å². The average molecular weight is 371 g/mol. The molecule has 1 amide bonds. The Kier molecular flexibility index (Phi) is 7.33. The molecule has 0 spiro atoms. The number of allylic oxidation sites excluding steroid dienone is 1. The van der Waals surface area contributed by atoms with Crippen molar-refractivity contribution in [1.82, 2.24) is 9.80 Å². The van der Waals surface area contributed by atoms with Crippen molar-refractivity contribution < 1.29 is 9.53 Å². The molecule has 4 heteroatoms. The van der Waals surface area contributed by atoms with Crippen molar-refractivity contribution in [3.8, 4) is 5.75 Å². The van der Waals surface area contributed by atoms with Gasteiger partial charge in [-0.3, -0.25) is 4.79 Å². The molecule has 0 bridgehead atoms. The standard InChI is InChI=1S/C23H34N2O2/c1-3-25(23(26)21-10-4-5-11-21)18-20-9-7-14-24(17-20)15-13-19-8-6-12-22(16-19)27-2/h6,8,10,12,16,20H,3-5,7,9,11,13-15,17-18H2,1-2H3/t20-/m0/s1. The summed E-state index contributed by atoms with van der Waals surface area (Å²) in [4.78, 5) is 17.4. The van der Waals surface area contributed by atoms with Crippen molar-refractivity contribution in [2.45, 2.75) is 45.4 Å². The van der Waals surface area contributed by atoms with Crippen LogP contribution in [0.3, 0.4) is 0 Å². The Balaban J connectivity index is 1.50. The maximum atomic E-state index is 12.7. The number of ether oxygens (including phenoxy) is 1. The Morgan fingerprint density at radius 3 is 2.96 bits per heavy atom. The predicted octanol–water partition coefficient (Wildman–Crippen LogP) is 3.91. The Morgan fingerprint density at radius 1 is 1.33 bits per heavy atom. The SMILES string of the molecule is CCN(C[C@H]1CCCN(CCc2cccc(OC)c2)C1)C(=O)C1=CCCC1. The summed E-state index contributed by atoms with van der Waals surface area (Å²) in [7, 11) is 1.72. The molecule has 0 radical (unpaired) electrons. The van der Waals surface area contributed by atoms with Crippen LogP contribution < -0.4 is 4.74 Å². The monoisotopic (exact) mass is 370 g/mol. The second kappa shape index (κ2) is 9.93. The number of hydrogen-bond donors (Lipinski definition) is 0. The molecule has 1 aromatic carbocycles. The number of hydrogen-bond acceptors (Lipinski definition) is 3. The molecule has 0 N–H and O–H groups in total. The van der Waals surface area contributed by atoms with Gasteiger partial charge in [0.15, 0.2) is 0 Å². The average Bonchev–Trinajstić information content (AvgIpc) is 3.25. The Bertz CT molecular complexity index is 656. The highest BCUT2D eigenvalue weighted by Crippen LogP contribution is 2.23. The van der Waals surface area contributed by atoms with Crippen molar-refractivity contribution >= 4 is 5.91 Å². The summed E-state index contributed by atoms with van der Waals surface area (Å²) in [6, 6.07) is 8.37. The Morgan fingerprint density at radius 2 is 2.22 bits per heavy atom. The second-order valence-corrected chi connectivity index (χ2v) is 7.88. The number of nitrogens with zero attached hydrogens (tertiary/aromatic N) is 2. The zero-order chi connectivity index (χ0) is 19.1. The minimum atomic E-state index is 0.281. The molecule has 1 aliphatic heterocycles. The van der Waals surface area contributed by atoms with E-state index in [1.54, 1.807) is 7.11 Å². The third kappa shape index (κ3) is 5.58. The third-order valence-electron chi connectivity index (χ3n) is 5.92. The molecule has 1 aliphatic carbocycles. The first-order valence-corrected chi connectivity index (χ1v) is 10.5. The van der Waals surface area contributed by atoms with Crippen LogP contribution in [0.5, 0.6) is 5.75 Å². The normalized spacial score (nSPS) is 20.4. The third-order valence-corrected chi connectivity index (χ3v) is 5.92. The fourth-order valence-electron chi connectivity index (χ4n) is 4.35. The molecule has 1 fully saturated rings. The molecule has 1 saturated heterocycles. The van der Waals surface area contributed by atoms with Gasteiger partial charge in [-0.25, -0.2) is 0 Å². The number of rotatable bonds is 8. The fourth-order valence-corrected chi connectivity index (χ4v) is 4.35. The van der Waals surface area contributed by atoms with Crippen LogP contribution in [0.15, 0.2) is 35.9 Å². The molecular formula is C23H34N2O2. The lowest BCUT2D eigenvalue weighted by Crippen LogP contribution is -2.43. The molecule has 2 aliphatic rings. The topological polar surface area (TPSA) is 32.8 Å². The van der Waals surface area contributed by atoms with Gasteiger partial charge in [0.25, 0.3) is 0 Å². The number of likely N-dealkylation sites (N-methyl/N-ethyl adjacent to an activating group) is 1. The van der Waals surface area contributed by atoms with Gasteiger partial charge in [0, 0.05) is 31.8 Å². The molecule has 3 rings (SSSR count). The molecule has 4 nitrogen and oxygen atoms in total. The van der Waals surface area contributed by atoms with Gasteiger partial charge in [-0.1, -0.05) is 18.2 Å². The number of amides is 1. The maximum absolute atomic E-state index is 12.7. The van der Waals surface area contributed by atoms with Crippen molar-refractivity contribution in [2.24, 2.45) is 5.92 Å². The van der Waals surface area contributed by atoms with Crippen LogP contribution >= 0.6 is 0 Å². The molecule has 0 saturated carbocycles. The minimum absolute atomic E-state index is 0.281. The van der Waals surface area contributed by atoms with Crippen molar-refractivity contribution in [1.29, 1.82) is 0 Å². The number of piperidine rings is 1. The summed E-state index contributed by atoms with van der Waals surface area (Å²) >= 11 is 0. The van der Waals surface area contributed by atoms with Gasteiger partial charge in [0.2, 0.25) is 5.91 Å². The van der Waals surface area contributed by atoms with Crippen LogP contribution in [0.25, 0.3) is 0 Å². The summed E-state index contributed by atoms with van der Waals surface area (Å²) < 4.78 is 5.33. The summed E-state index contributed by atoms with van der Waals surface area (Å²) in [6.45, 7) is 7.18. The van der Waals surface area contributed by atoms with E-state index in [9.17, 15) is 4.79 Å². The van der Waals surface area contributed by atoms with Gasteiger partial charge in [-0.05, 0) is 75.6 Å². The van der Waals surface area contributed by atoms with E-state index in [0.29, 0.717) is 5.92 Å². The highest BCUT2D eigenvalue weighted by molar-refractivity contribution is 5.93. The van der Waals surface area contributed by atoms with E-state index in [4.69, 9.17) is 4.74 Å². The van der Waals surface area contributed by atoms with E-state index in [2.05, 4.69) is 41.0 Å². The van der Waals surface area contributed by atoms with Crippen molar-refractivity contribution in [3.05, 3.63) is 41.5 Å². The van der Waals surface area contributed by atoms with Crippen molar-refractivity contribution in [3.63, 3.8) is 0 Å². The second-order valence-electron chi connectivity index (χ2n) is 7.88. The minimum Gasteiger partial charge on any atom is -0.497 e. The van der Waals surface area contributed by atoms with E-state index >= 15 is 0 Å². The lowest BCUT2D eigenvalue weighted by atomic mass is 9.96. The van der Waals surface area contributed by atoms with Gasteiger partial charge in [-0.2, -0.15) is 0 Å². The summed E-state index contributed by atoms with van der Waals surface area (Å²) in [5.74, 6) is 1.81. The lowest BCUT2D eigenvalue weighted by Gasteiger charge is -2.35. The van der Waals surface area contributed by atoms with E-state index < -0.39 is 0 Å². The van der Waals surface area contributed by atoms with Gasteiger partial charge >= 0.3 is 0 Å². The summed E-state index contributed by atoms with van der Waals surface area (Å²) in [5.41, 5.74) is 2.37. The van der Waals surface area contributed by atoms with Crippen LogP contribution in [-0.4, -0.2) is 55.5 Å². The zero-order valence-electron chi connectivity index (χ0n) is 17.0. The van der Waals surface area contributed by atoms with Gasteiger partial charge in [0.1, 0.15) is 5.75 Å². The number of methoxy groups -OCH3 is 1. The molecule has 27 heavy (non-hydrogen) atoms. The molecule has 148 valence electrons.